The fourth-order valence-corrected chi connectivity index (χ4v) is 8.58. The van der Waals surface area contributed by atoms with Crippen LogP contribution in [0.1, 0.15) is 310 Å². The Bertz CT molecular complexity index is 762. The number of rotatable bonds is 46. The normalized spacial score (nSPS) is 12.7. The largest absolute Gasteiger partial charge is 0.451 e. The van der Waals surface area contributed by atoms with E-state index >= 15 is 0 Å². The zero-order chi connectivity index (χ0) is 39.5. The molecule has 3 heteroatoms. The fraction of sp³-hybridized carbons (Fsp3) is 0.961. The van der Waals surface area contributed by atoms with Gasteiger partial charge in [-0.25, -0.2) is 0 Å². The minimum atomic E-state index is -0.892. The number of carbonyl (C=O) groups is 2. The van der Waals surface area contributed by atoms with Crippen molar-refractivity contribution in [1.82, 2.24) is 0 Å². The first-order chi connectivity index (χ1) is 26.5. The van der Waals surface area contributed by atoms with Crippen LogP contribution in [-0.4, -0.2) is 17.4 Å². The molecule has 0 spiro atoms. The monoisotopic (exact) mass is 761 g/mol. The second kappa shape index (κ2) is 43.3. The van der Waals surface area contributed by atoms with E-state index in [1.54, 1.807) is 0 Å². The van der Waals surface area contributed by atoms with Crippen LogP contribution in [0.25, 0.3) is 0 Å². The summed E-state index contributed by atoms with van der Waals surface area (Å²) in [4.78, 5) is 26.4. The smallest absolute Gasteiger partial charge is 0.303 e. The van der Waals surface area contributed by atoms with Crippen molar-refractivity contribution in [3.8, 4) is 0 Å². The summed E-state index contributed by atoms with van der Waals surface area (Å²) in [6.07, 6.45) is 56.1. The summed E-state index contributed by atoms with van der Waals surface area (Å²) >= 11 is 0. The van der Waals surface area contributed by atoms with Gasteiger partial charge in [-0.05, 0) is 32.1 Å². The molecule has 0 bridgehead atoms. The number of unbranched alkanes of at least 4 members (excludes halogenated alkanes) is 38. The van der Waals surface area contributed by atoms with E-state index in [4.69, 9.17) is 4.74 Å². The van der Waals surface area contributed by atoms with Gasteiger partial charge in [-0.15, -0.1) is 0 Å². The number of carbonyl (C=O) groups excluding carboxylic acids is 2. The molecule has 0 heterocycles. The van der Waals surface area contributed by atoms with Gasteiger partial charge in [0.2, 0.25) is 0 Å². The van der Waals surface area contributed by atoms with Crippen LogP contribution in [-0.2, 0) is 14.3 Å². The highest BCUT2D eigenvalue weighted by Crippen LogP contribution is 2.31. The van der Waals surface area contributed by atoms with Crippen molar-refractivity contribution in [1.29, 1.82) is 0 Å². The molecule has 322 valence electrons. The predicted octanol–water partition coefficient (Wildman–Crippen LogP) is 18.1. The molecule has 0 aromatic carbocycles. The SMILES string of the molecule is CCCCCCCCCCCCCCCCC(=O)[C@@](CCCCCCCCCCCCCCC)(CCCCCCCCCCCCCCCC)OC(C)=O. The Morgan fingerprint density at radius 1 is 0.315 bits per heavy atom. The van der Waals surface area contributed by atoms with Gasteiger partial charge >= 0.3 is 5.97 Å². The maximum absolute atomic E-state index is 14.0. The second-order valence-electron chi connectivity index (χ2n) is 17.7. The highest BCUT2D eigenvalue weighted by atomic mass is 16.6. The van der Waals surface area contributed by atoms with Crippen molar-refractivity contribution in [2.75, 3.05) is 0 Å². The van der Waals surface area contributed by atoms with Gasteiger partial charge in [0.15, 0.2) is 11.4 Å². The molecule has 0 aromatic rings. The van der Waals surface area contributed by atoms with Crippen molar-refractivity contribution in [2.45, 2.75) is 316 Å². The van der Waals surface area contributed by atoms with Crippen LogP contribution >= 0.6 is 0 Å². The Kier molecular flexibility index (Phi) is 42.6. The lowest BCUT2D eigenvalue weighted by molar-refractivity contribution is -0.168. The van der Waals surface area contributed by atoms with Gasteiger partial charge in [-0.1, -0.05) is 265 Å². The molecular formula is C51H100O3. The van der Waals surface area contributed by atoms with Crippen LogP contribution in [0.2, 0.25) is 0 Å². The maximum Gasteiger partial charge on any atom is 0.303 e. The van der Waals surface area contributed by atoms with E-state index in [1.807, 2.05) is 0 Å². The third-order valence-corrected chi connectivity index (χ3v) is 12.2. The Morgan fingerprint density at radius 3 is 0.741 bits per heavy atom. The summed E-state index contributed by atoms with van der Waals surface area (Å²) in [5, 5.41) is 0. The molecule has 3 nitrogen and oxygen atoms in total. The number of hydrogen-bond acceptors (Lipinski definition) is 3. The molecule has 0 unspecified atom stereocenters. The van der Waals surface area contributed by atoms with E-state index in [9.17, 15) is 9.59 Å². The molecule has 0 amide bonds. The van der Waals surface area contributed by atoms with E-state index in [1.165, 1.54) is 232 Å². The second-order valence-corrected chi connectivity index (χ2v) is 17.7. The third kappa shape index (κ3) is 36.8. The molecule has 0 aromatic heterocycles. The summed E-state index contributed by atoms with van der Waals surface area (Å²) in [7, 11) is 0. The fourth-order valence-electron chi connectivity index (χ4n) is 8.58. The zero-order valence-corrected chi connectivity index (χ0v) is 37.8. The molecular weight excluding hydrogens is 661 g/mol. The summed E-state index contributed by atoms with van der Waals surface area (Å²) < 4.78 is 6.10. The van der Waals surface area contributed by atoms with Crippen LogP contribution in [0.4, 0.5) is 0 Å². The minimum Gasteiger partial charge on any atom is -0.451 e. The van der Waals surface area contributed by atoms with Crippen LogP contribution in [0.15, 0.2) is 0 Å². The lowest BCUT2D eigenvalue weighted by atomic mass is 9.83. The third-order valence-electron chi connectivity index (χ3n) is 12.2. The Labute approximate surface area is 340 Å². The highest BCUT2D eigenvalue weighted by molar-refractivity contribution is 5.89. The number of ketones is 1. The van der Waals surface area contributed by atoms with Gasteiger partial charge in [0, 0.05) is 13.3 Å². The summed E-state index contributed by atoms with van der Waals surface area (Å²) in [6, 6.07) is 0. The maximum atomic E-state index is 14.0. The summed E-state index contributed by atoms with van der Waals surface area (Å²) in [6.45, 7) is 8.39. The first-order valence-corrected chi connectivity index (χ1v) is 25.2. The topological polar surface area (TPSA) is 43.4 Å². The van der Waals surface area contributed by atoms with E-state index in [0.29, 0.717) is 6.42 Å². The molecule has 0 rings (SSSR count). The Hall–Kier alpha value is -0.860. The highest BCUT2D eigenvalue weighted by Gasteiger charge is 2.39. The molecule has 54 heavy (non-hydrogen) atoms. The van der Waals surface area contributed by atoms with E-state index in [-0.39, 0.29) is 11.8 Å². The van der Waals surface area contributed by atoms with Crippen molar-refractivity contribution in [2.24, 2.45) is 0 Å². The van der Waals surface area contributed by atoms with Crippen molar-refractivity contribution in [3.63, 3.8) is 0 Å². The number of esters is 1. The van der Waals surface area contributed by atoms with Crippen LogP contribution in [0, 0.1) is 0 Å². The van der Waals surface area contributed by atoms with Gasteiger partial charge in [-0.3, -0.25) is 9.59 Å². The predicted molar refractivity (Wildman–Crippen MR) is 240 cm³/mol. The van der Waals surface area contributed by atoms with Crippen molar-refractivity contribution >= 4 is 11.8 Å². The molecule has 0 fully saturated rings. The average molecular weight is 761 g/mol. The first-order valence-electron chi connectivity index (χ1n) is 25.2. The molecule has 0 aliphatic carbocycles. The Balaban J connectivity index is 4.59. The molecule has 0 saturated carbocycles. The van der Waals surface area contributed by atoms with Gasteiger partial charge in [0.25, 0.3) is 0 Å². The number of ether oxygens (including phenoxy) is 1. The number of hydrogen-bond donors (Lipinski definition) is 0. The van der Waals surface area contributed by atoms with Crippen molar-refractivity contribution in [3.05, 3.63) is 0 Å². The number of Topliss-reactive ketones (excluding diaryl/α,β-unsaturated/α-hetero) is 1. The summed E-state index contributed by atoms with van der Waals surface area (Å²) in [5.74, 6) is -0.0605. The molecule has 0 aliphatic heterocycles. The van der Waals surface area contributed by atoms with Gasteiger partial charge in [-0.2, -0.15) is 0 Å². The summed E-state index contributed by atoms with van der Waals surface area (Å²) in [5.41, 5.74) is -0.892. The lowest BCUT2D eigenvalue weighted by Crippen LogP contribution is -2.43. The minimum absolute atomic E-state index is 0.213. The van der Waals surface area contributed by atoms with Crippen LogP contribution in [0.3, 0.4) is 0 Å². The quantitative estimate of drug-likeness (QED) is 0.0458. The average Bonchev–Trinajstić information content (AvgIpc) is 3.16. The molecule has 0 N–H and O–H groups in total. The standard InChI is InChI=1S/C51H100O3/c1-5-8-11-14-17-20-23-26-28-31-34-37-40-43-46-50(53)51(54-49(4)52,47-44-41-38-35-32-29-25-22-19-16-13-10-7-3)48-45-42-39-36-33-30-27-24-21-18-15-12-9-6-2/h5-48H2,1-4H3/t51-/m1/s1. The molecule has 1 atom stereocenters. The van der Waals surface area contributed by atoms with E-state index in [0.717, 1.165) is 51.4 Å². The zero-order valence-electron chi connectivity index (χ0n) is 37.8. The lowest BCUT2D eigenvalue weighted by Gasteiger charge is -2.32. The van der Waals surface area contributed by atoms with Gasteiger partial charge in [0.05, 0.1) is 0 Å². The molecule has 0 radical (unpaired) electrons. The van der Waals surface area contributed by atoms with Crippen molar-refractivity contribution < 1.29 is 14.3 Å². The van der Waals surface area contributed by atoms with Gasteiger partial charge in [0.1, 0.15) is 0 Å². The molecule has 0 aliphatic rings. The van der Waals surface area contributed by atoms with E-state index < -0.39 is 5.60 Å². The van der Waals surface area contributed by atoms with Crippen LogP contribution in [0.5, 0.6) is 0 Å². The van der Waals surface area contributed by atoms with E-state index in [2.05, 4.69) is 20.8 Å². The first kappa shape index (κ1) is 53.1. The van der Waals surface area contributed by atoms with Crippen LogP contribution < -0.4 is 0 Å². The molecule has 0 saturated heterocycles. The van der Waals surface area contributed by atoms with Gasteiger partial charge < -0.3 is 4.74 Å². The Morgan fingerprint density at radius 2 is 0.519 bits per heavy atom.